The number of nitrogens with one attached hydrogen (secondary N) is 2. The third-order valence-electron chi connectivity index (χ3n) is 5.50. The van der Waals surface area contributed by atoms with Crippen molar-refractivity contribution >= 4 is 11.9 Å². The second-order valence-corrected chi connectivity index (χ2v) is 7.21. The first-order chi connectivity index (χ1) is 11.5. The maximum atomic E-state index is 12.4. The fraction of sp³-hybridized carbons (Fsp3) is 0.579. The summed E-state index contributed by atoms with van der Waals surface area (Å²) in [6.45, 7) is 1.97. The van der Waals surface area contributed by atoms with Crippen LogP contribution in [0, 0.1) is 0 Å². The first kappa shape index (κ1) is 16.8. The minimum absolute atomic E-state index is 0.108. The fourth-order valence-electron chi connectivity index (χ4n) is 3.97. The number of rotatable bonds is 4. The summed E-state index contributed by atoms with van der Waals surface area (Å²) < 4.78 is 0. The Kier molecular flexibility index (Phi) is 4.78. The van der Waals surface area contributed by atoms with Crippen molar-refractivity contribution in [1.82, 2.24) is 10.6 Å². The van der Waals surface area contributed by atoms with Crippen LogP contribution in [0.5, 0.6) is 0 Å². The first-order valence-electron chi connectivity index (χ1n) is 9.00. The number of hydrogen-bond acceptors (Lipinski definition) is 2. The van der Waals surface area contributed by atoms with Gasteiger partial charge in [-0.3, -0.25) is 4.79 Å². The Morgan fingerprint density at radius 3 is 2.42 bits per heavy atom. The highest BCUT2D eigenvalue weighted by Gasteiger charge is 2.41. The van der Waals surface area contributed by atoms with Crippen LogP contribution in [0.15, 0.2) is 18.2 Å². The van der Waals surface area contributed by atoms with Crippen LogP contribution < -0.4 is 16.4 Å². The molecule has 2 aliphatic carbocycles. The number of hydrogen-bond donors (Lipinski definition) is 3. The molecule has 0 radical (unpaired) electrons. The van der Waals surface area contributed by atoms with Crippen LogP contribution in [0.2, 0.25) is 0 Å². The lowest BCUT2D eigenvalue weighted by atomic mass is 9.89. The van der Waals surface area contributed by atoms with Crippen LogP contribution in [0.3, 0.4) is 0 Å². The lowest BCUT2D eigenvalue weighted by Gasteiger charge is -2.28. The van der Waals surface area contributed by atoms with E-state index in [2.05, 4.69) is 28.8 Å². The molecule has 2 aliphatic rings. The summed E-state index contributed by atoms with van der Waals surface area (Å²) in [7, 11) is 0. The molecule has 130 valence electrons. The molecule has 0 heterocycles. The Labute approximate surface area is 143 Å². The topological polar surface area (TPSA) is 84.2 Å². The van der Waals surface area contributed by atoms with Gasteiger partial charge < -0.3 is 16.4 Å². The van der Waals surface area contributed by atoms with Crippen LogP contribution in [0.1, 0.15) is 68.2 Å². The van der Waals surface area contributed by atoms with Gasteiger partial charge in [0, 0.05) is 0 Å². The molecular weight excluding hydrogens is 302 g/mol. The fourth-order valence-corrected chi connectivity index (χ4v) is 3.97. The van der Waals surface area contributed by atoms with Crippen molar-refractivity contribution in [2.24, 2.45) is 5.73 Å². The van der Waals surface area contributed by atoms with Gasteiger partial charge in [0.1, 0.15) is 5.54 Å². The predicted octanol–water partition coefficient (Wildman–Crippen LogP) is 2.72. The molecule has 3 amide bonds. The van der Waals surface area contributed by atoms with Gasteiger partial charge in [-0.2, -0.15) is 0 Å². The van der Waals surface area contributed by atoms with E-state index in [1.165, 1.54) is 24.0 Å². The molecule has 1 aromatic rings. The molecule has 0 bridgehead atoms. The second-order valence-electron chi connectivity index (χ2n) is 7.21. The van der Waals surface area contributed by atoms with E-state index in [1.54, 1.807) is 0 Å². The zero-order valence-electron chi connectivity index (χ0n) is 14.4. The second kappa shape index (κ2) is 6.83. The molecule has 1 aromatic carbocycles. The van der Waals surface area contributed by atoms with E-state index >= 15 is 0 Å². The molecular formula is C19H27N3O2. The average molecular weight is 329 g/mol. The van der Waals surface area contributed by atoms with E-state index in [0.717, 1.165) is 31.2 Å². The number of amides is 3. The highest BCUT2D eigenvalue weighted by molar-refractivity contribution is 5.90. The summed E-state index contributed by atoms with van der Waals surface area (Å²) in [6.07, 6.45) is 7.86. The zero-order valence-corrected chi connectivity index (χ0v) is 14.4. The van der Waals surface area contributed by atoms with Gasteiger partial charge in [-0.15, -0.1) is 0 Å². The van der Waals surface area contributed by atoms with Crippen LogP contribution >= 0.6 is 0 Å². The van der Waals surface area contributed by atoms with Gasteiger partial charge in [-0.05, 0) is 62.1 Å². The Morgan fingerprint density at radius 1 is 1.08 bits per heavy atom. The molecule has 0 aliphatic heterocycles. The average Bonchev–Trinajstić information content (AvgIpc) is 3.04. The monoisotopic (exact) mass is 329 g/mol. The van der Waals surface area contributed by atoms with Gasteiger partial charge in [-0.1, -0.05) is 31.0 Å². The van der Waals surface area contributed by atoms with Gasteiger partial charge >= 0.3 is 6.03 Å². The lowest BCUT2D eigenvalue weighted by molar-refractivity contribution is -0.123. The van der Waals surface area contributed by atoms with E-state index in [-0.39, 0.29) is 12.1 Å². The molecule has 24 heavy (non-hydrogen) atoms. The molecule has 0 unspecified atom stereocenters. The number of carbonyl (C=O) groups is 2. The molecule has 1 atom stereocenters. The van der Waals surface area contributed by atoms with Crippen molar-refractivity contribution < 1.29 is 9.59 Å². The molecule has 0 aromatic heterocycles. The third-order valence-corrected chi connectivity index (χ3v) is 5.50. The Balaban J connectivity index is 1.65. The van der Waals surface area contributed by atoms with Crippen molar-refractivity contribution in [2.75, 3.05) is 0 Å². The maximum absolute atomic E-state index is 12.4. The molecule has 0 saturated heterocycles. The van der Waals surface area contributed by atoms with E-state index < -0.39 is 11.4 Å². The predicted molar refractivity (Wildman–Crippen MR) is 93.6 cm³/mol. The number of nitrogens with two attached hydrogens (primary N) is 1. The standard InChI is InChI=1S/C19H27N3O2/c1-13(15-9-8-14-6-2-3-7-16(14)12-15)21-18(24)22-19(17(20)23)10-4-5-11-19/h8-9,12-13H,2-7,10-11H2,1H3,(H2,20,23)(H2,21,22,24)/t13-/m0/s1. The molecule has 1 fully saturated rings. The van der Waals surface area contributed by atoms with Crippen LogP contribution in [-0.4, -0.2) is 17.5 Å². The van der Waals surface area contributed by atoms with Crippen LogP contribution in [-0.2, 0) is 17.6 Å². The number of aryl methyl sites for hydroxylation is 2. The van der Waals surface area contributed by atoms with Gasteiger partial charge in [0.05, 0.1) is 6.04 Å². The van der Waals surface area contributed by atoms with E-state index in [0.29, 0.717) is 12.8 Å². The van der Waals surface area contributed by atoms with Crippen molar-refractivity contribution in [3.05, 3.63) is 34.9 Å². The quantitative estimate of drug-likeness (QED) is 0.793. The van der Waals surface area contributed by atoms with E-state index in [4.69, 9.17) is 5.73 Å². The number of benzene rings is 1. The lowest BCUT2D eigenvalue weighted by Crippen LogP contribution is -2.58. The van der Waals surface area contributed by atoms with Gasteiger partial charge in [0.25, 0.3) is 0 Å². The van der Waals surface area contributed by atoms with E-state index in [9.17, 15) is 9.59 Å². The van der Waals surface area contributed by atoms with Crippen molar-refractivity contribution in [2.45, 2.75) is 69.9 Å². The van der Waals surface area contributed by atoms with Crippen molar-refractivity contribution in [3.63, 3.8) is 0 Å². The van der Waals surface area contributed by atoms with Gasteiger partial charge in [0.15, 0.2) is 0 Å². The number of urea groups is 1. The molecule has 5 nitrogen and oxygen atoms in total. The molecule has 1 saturated carbocycles. The Morgan fingerprint density at radius 2 is 1.75 bits per heavy atom. The minimum Gasteiger partial charge on any atom is -0.368 e. The van der Waals surface area contributed by atoms with Crippen molar-refractivity contribution in [1.29, 1.82) is 0 Å². The highest BCUT2D eigenvalue weighted by Crippen LogP contribution is 2.29. The largest absolute Gasteiger partial charge is 0.368 e. The number of fused-ring (bicyclic) bond motifs is 1. The maximum Gasteiger partial charge on any atom is 0.316 e. The van der Waals surface area contributed by atoms with E-state index in [1.807, 2.05) is 6.92 Å². The third kappa shape index (κ3) is 3.40. The number of carbonyl (C=O) groups excluding carboxylic acids is 2. The summed E-state index contributed by atoms with van der Waals surface area (Å²) in [5.41, 5.74) is 8.58. The molecule has 5 heteroatoms. The first-order valence-corrected chi connectivity index (χ1v) is 9.00. The van der Waals surface area contributed by atoms with Crippen LogP contribution in [0.25, 0.3) is 0 Å². The highest BCUT2D eigenvalue weighted by atomic mass is 16.2. The summed E-state index contributed by atoms with van der Waals surface area (Å²) >= 11 is 0. The molecule has 4 N–H and O–H groups in total. The normalized spacial score (nSPS) is 20.0. The van der Waals surface area contributed by atoms with Gasteiger partial charge in [-0.25, -0.2) is 4.79 Å². The summed E-state index contributed by atoms with van der Waals surface area (Å²) in [6, 6.07) is 6.05. The van der Waals surface area contributed by atoms with Gasteiger partial charge in [0.2, 0.25) is 5.91 Å². The van der Waals surface area contributed by atoms with Crippen molar-refractivity contribution in [3.8, 4) is 0 Å². The zero-order chi connectivity index (χ0) is 17.2. The molecule has 3 rings (SSSR count). The smallest absolute Gasteiger partial charge is 0.316 e. The Hall–Kier alpha value is -2.04. The Bertz CT molecular complexity index is 635. The summed E-state index contributed by atoms with van der Waals surface area (Å²) in [4.78, 5) is 24.1. The minimum atomic E-state index is -0.875. The van der Waals surface area contributed by atoms with Crippen LogP contribution in [0.4, 0.5) is 4.79 Å². The summed E-state index contributed by atoms with van der Waals surface area (Å²) in [5, 5.41) is 5.78. The molecule has 0 spiro atoms. The SMILES string of the molecule is C[C@H](NC(=O)NC1(C(N)=O)CCCC1)c1ccc2c(c1)CCCC2. The summed E-state index contributed by atoms with van der Waals surface area (Å²) in [5.74, 6) is -0.434. The number of primary amides is 1.